The number of carbonyl (C=O) groups excluding carboxylic acids is 1. The third kappa shape index (κ3) is 3.51. The second kappa shape index (κ2) is 5.43. The lowest BCUT2D eigenvalue weighted by Gasteiger charge is -2.03. The molecule has 0 heterocycles. The van der Waals surface area contributed by atoms with Crippen molar-refractivity contribution >= 4 is 21.9 Å². The molecular formula is C10H15BrO2. The first kappa shape index (κ1) is 10.8. The molecule has 0 radical (unpaired) electrons. The Balaban J connectivity index is 2.44. The minimum Gasteiger partial charge on any atom is -0.462 e. The van der Waals surface area contributed by atoms with E-state index in [0.717, 1.165) is 0 Å². The van der Waals surface area contributed by atoms with Gasteiger partial charge in [0.25, 0.3) is 0 Å². The summed E-state index contributed by atoms with van der Waals surface area (Å²) in [5.74, 6) is 0.327. The van der Waals surface area contributed by atoms with Gasteiger partial charge in [-0.1, -0.05) is 18.9 Å². The molecule has 0 amide bonds. The highest BCUT2D eigenvalue weighted by Gasteiger charge is 2.15. The Morgan fingerprint density at radius 3 is 2.69 bits per heavy atom. The molecule has 1 saturated carbocycles. The molecule has 0 unspecified atom stereocenters. The van der Waals surface area contributed by atoms with E-state index >= 15 is 0 Å². The Hall–Kier alpha value is -0.310. The van der Waals surface area contributed by atoms with Crippen LogP contribution in [-0.4, -0.2) is 12.6 Å². The summed E-state index contributed by atoms with van der Waals surface area (Å²) >= 11 is 3.24. The lowest BCUT2D eigenvalue weighted by molar-refractivity contribution is -0.137. The Bertz CT molecular complexity index is 205. The van der Waals surface area contributed by atoms with Crippen molar-refractivity contribution in [1.29, 1.82) is 0 Å². The average molecular weight is 247 g/mol. The van der Waals surface area contributed by atoms with Gasteiger partial charge in [0.2, 0.25) is 0 Å². The normalized spacial score (nSPS) is 19.1. The van der Waals surface area contributed by atoms with Gasteiger partial charge in [-0.25, -0.2) is 4.79 Å². The largest absolute Gasteiger partial charge is 0.462 e. The molecule has 0 aliphatic heterocycles. The summed E-state index contributed by atoms with van der Waals surface area (Å²) in [5.41, 5.74) is 0. The van der Waals surface area contributed by atoms with Crippen LogP contribution in [0.15, 0.2) is 10.6 Å². The molecule has 1 aliphatic rings. The summed E-state index contributed by atoms with van der Waals surface area (Å²) in [6, 6.07) is 0. The lowest BCUT2D eigenvalue weighted by Crippen LogP contribution is -2.04. The third-order valence-electron chi connectivity index (χ3n) is 2.25. The van der Waals surface area contributed by atoms with Gasteiger partial charge in [-0.3, -0.25) is 0 Å². The van der Waals surface area contributed by atoms with E-state index in [1.807, 2.05) is 13.0 Å². The van der Waals surface area contributed by atoms with Gasteiger partial charge in [0, 0.05) is 0 Å². The highest BCUT2D eigenvalue weighted by molar-refractivity contribution is 9.12. The average Bonchev–Trinajstić information content (AvgIpc) is 2.57. The van der Waals surface area contributed by atoms with E-state index in [1.54, 1.807) is 0 Å². The molecule has 13 heavy (non-hydrogen) atoms. The van der Waals surface area contributed by atoms with Crippen LogP contribution in [0.25, 0.3) is 0 Å². The van der Waals surface area contributed by atoms with Gasteiger partial charge in [-0.05, 0) is 41.6 Å². The maximum Gasteiger partial charge on any atom is 0.344 e. The molecule has 1 fully saturated rings. The van der Waals surface area contributed by atoms with Gasteiger partial charge in [-0.15, -0.1) is 0 Å². The number of rotatable bonds is 3. The minimum atomic E-state index is -0.241. The zero-order valence-electron chi connectivity index (χ0n) is 7.88. The molecule has 0 N–H and O–H groups in total. The van der Waals surface area contributed by atoms with Gasteiger partial charge in [0.15, 0.2) is 0 Å². The fourth-order valence-electron chi connectivity index (χ4n) is 1.60. The fourth-order valence-corrected chi connectivity index (χ4v) is 2.09. The first-order chi connectivity index (χ1) is 6.24. The van der Waals surface area contributed by atoms with Crippen molar-refractivity contribution in [2.75, 3.05) is 6.61 Å². The Morgan fingerprint density at radius 1 is 1.54 bits per heavy atom. The van der Waals surface area contributed by atoms with Crippen molar-refractivity contribution in [1.82, 2.24) is 0 Å². The molecule has 0 bridgehead atoms. The predicted molar refractivity (Wildman–Crippen MR) is 55.6 cm³/mol. The number of hydrogen-bond donors (Lipinski definition) is 0. The zero-order valence-corrected chi connectivity index (χ0v) is 9.47. The third-order valence-corrected chi connectivity index (χ3v) is 2.84. The van der Waals surface area contributed by atoms with Crippen LogP contribution in [0.2, 0.25) is 0 Å². The standard InChI is InChI=1S/C10H15BrO2/c1-2-13-10(12)9(11)7-8-5-3-4-6-8/h7-8H,2-6H2,1H3/b9-7+. The number of carbonyl (C=O) groups is 1. The first-order valence-corrected chi connectivity index (χ1v) is 5.57. The van der Waals surface area contributed by atoms with Crippen molar-refractivity contribution in [3.63, 3.8) is 0 Å². The molecule has 1 rings (SSSR count). The van der Waals surface area contributed by atoms with Crippen molar-refractivity contribution in [3.05, 3.63) is 10.6 Å². The van der Waals surface area contributed by atoms with Crippen LogP contribution >= 0.6 is 15.9 Å². The lowest BCUT2D eigenvalue weighted by atomic mass is 10.1. The first-order valence-electron chi connectivity index (χ1n) is 4.78. The van der Waals surface area contributed by atoms with E-state index in [1.165, 1.54) is 25.7 Å². The molecule has 0 aromatic heterocycles. The number of ether oxygens (including phenoxy) is 1. The summed E-state index contributed by atoms with van der Waals surface area (Å²) < 4.78 is 5.44. The van der Waals surface area contributed by atoms with Crippen molar-refractivity contribution < 1.29 is 9.53 Å². The molecule has 0 aromatic carbocycles. The Kier molecular flexibility index (Phi) is 4.50. The molecule has 0 aromatic rings. The summed E-state index contributed by atoms with van der Waals surface area (Å²) in [6.07, 6.45) is 6.96. The highest BCUT2D eigenvalue weighted by atomic mass is 79.9. The molecular weight excluding hydrogens is 232 g/mol. The minimum absolute atomic E-state index is 0.241. The van der Waals surface area contributed by atoms with E-state index in [9.17, 15) is 4.79 Å². The molecule has 0 saturated heterocycles. The van der Waals surface area contributed by atoms with E-state index in [-0.39, 0.29) is 5.97 Å². The van der Waals surface area contributed by atoms with Crippen molar-refractivity contribution in [2.45, 2.75) is 32.6 Å². The molecule has 1 aliphatic carbocycles. The number of hydrogen-bond acceptors (Lipinski definition) is 2. The quantitative estimate of drug-likeness (QED) is 0.566. The molecule has 0 atom stereocenters. The van der Waals surface area contributed by atoms with Crippen LogP contribution in [0.5, 0.6) is 0 Å². The van der Waals surface area contributed by atoms with Gasteiger partial charge in [0.05, 0.1) is 11.1 Å². The zero-order chi connectivity index (χ0) is 9.68. The maximum atomic E-state index is 11.2. The van der Waals surface area contributed by atoms with Crippen LogP contribution in [0.4, 0.5) is 0 Å². The van der Waals surface area contributed by atoms with Crippen LogP contribution in [0.3, 0.4) is 0 Å². The van der Waals surface area contributed by atoms with E-state index < -0.39 is 0 Å². The number of allylic oxidation sites excluding steroid dienone is 1. The van der Waals surface area contributed by atoms with E-state index in [2.05, 4.69) is 15.9 Å². The topological polar surface area (TPSA) is 26.3 Å². The molecule has 0 spiro atoms. The van der Waals surface area contributed by atoms with Gasteiger partial charge < -0.3 is 4.74 Å². The van der Waals surface area contributed by atoms with Gasteiger partial charge in [0.1, 0.15) is 0 Å². The number of esters is 1. The fraction of sp³-hybridized carbons (Fsp3) is 0.700. The van der Waals surface area contributed by atoms with Gasteiger partial charge in [-0.2, -0.15) is 0 Å². The SMILES string of the molecule is CCOC(=O)/C(Br)=C\C1CCCC1. The second-order valence-electron chi connectivity index (χ2n) is 3.28. The summed E-state index contributed by atoms with van der Waals surface area (Å²) in [6.45, 7) is 2.25. The molecule has 74 valence electrons. The maximum absolute atomic E-state index is 11.2. The van der Waals surface area contributed by atoms with Crippen LogP contribution in [-0.2, 0) is 9.53 Å². The molecule has 3 heteroatoms. The summed E-state index contributed by atoms with van der Waals surface area (Å²) in [4.78, 5) is 11.2. The van der Waals surface area contributed by atoms with Crippen LogP contribution in [0, 0.1) is 5.92 Å². The second-order valence-corrected chi connectivity index (χ2v) is 4.13. The van der Waals surface area contributed by atoms with Crippen LogP contribution in [0.1, 0.15) is 32.6 Å². The van der Waals surface area contributed by atoms with Gasteiger partial charge >= 0.3 is 5.97 Å². The predicted octanol–water partition coefficient (Wildman–Crippen LogP) is 3.02. The Morgan fingerprint density at radius 2 is 2.15 bits per heavy atom. The summed E-state index contributed by atoms with van der Waals surface area (Å²) in [7, 11) is 0. The highest BCUT2D eigenvalue weighted by Crippen LogP contribution is 2.28. The van der Waals surface area contributed by atoms with E-state index in [4.69, 9.17) is 4.74 Å². The van der Waals surface area contributed by atoms with Crippen molar-refractivity contribution in [3.8, 4) is 0 Å². The van der Waals surface area contributed by atoms with Crippen LogP contribution < -0.4 is 0 Å². The van der Waals surface area contributed by atoms with E-state index in [0.29, 0.717) is 17.0 Å². The Labute approximate surface area is 87.5 Å². The van der Waals surface area contributed by atoms with Crippen molar-refractivity contribution in [2.24, 2.45) is 5.92 Å². The molecule has 2 nitrogen and oxygen atoms in total. The monoisotopic (exact) mass is 246 g/mol. The smallest absolute Gasteiger partial charge is 0.344 e. The summed E-state index contributed by atoms with van der Waals surface area (Å²) in [5, 5.41) is 0. The number of halogens is 1.